The van der Waals surface area contributed by atoms with Crippen molar-refractivity contribution in [2.24, 2.45) is 5.92 Å². The zero-order valence-electron chi connectivity index (χ0n) is 23.3. The number of aromatic nitrogens is 2. The Morgan fingerprint density at radius 3 is 2.42 bits per heavy atom. The van der Waals surface area contributed by atoms with Crippen LogP contribution in [-0.4, -0.2) is 43.6 Å². The molecule has 0 saturated heterocycles. The second-order valence-electron chi connectivity index (χ2n) is 10.8. The summed E-state index contributed by atoms with van der Waals surface area (Å²) in [6, 6.07) is 20.2. The van der Waals surface area contributed by atoms with Crippen LogP contribution in [0.15, 0.2) is 76.4 Å². The minimum atomic E-state index is -3.76. The second-order valence-corrected chi connectivity index (χ2v) is 12.8. The number of anilines is 1. The van der Waals surface area contributed by atoms with Gasteiger partial charge in [0.25, 0.3) is 5.56 Å². The van der Waals surface area contributed by atoms with Gasteiger partial charge in [0.1, 0.15) is 11.6 Å². The number of fused-ring (bicyclic) bond motifs is 1. The third-order valence-electron chi connectivity index (χ3n) is 7.48. The highest BCUT2D eigenvalue weighted by atomic mass is 32.2. The Balaban J connectivity index is 1.47. The van der Waals surface area contributed by atoms with E-state index in [0.717, 1.165) is 48.3 Å². The van der Waals surface area contributed by atoms with E-state index in [1.165, 1.54) is 0 Å². The van der Waals surface area contributed by atoms with Gasteiger partial charge in [-0.05, 0) is 54.7 Å². The third-order valence-corrected chi connectivity index (χ3v) is 9.17. The predicted molar refractivity (Wildman–Crippen MR) is 160 cm³/mol. The first kappa shape index (κ1) is 27.8. The molecule has 7 nitrogen and oxygen atoms in total. The van der Waals surface area contributed by atoms with E-state index in [-0.39, 0.29) is 22.2 Å². The van der Waals surface area contributed by atoms with Gasteiger partial charge >= 0.3 is 0 Å². The first-order valence-corrected chi connectivity index (χ1v) is 15.5. The molecule has 40 heavy (non-hydrogen) atoms. The highest BCUT2D eigenvalue weighted by Gasteiger charge is 2.33. The molecule has 0 unspecified atom stereocenters. The van der Waals surface area contributed by atoms with Gasteiger partial charge in [-0.3, -0.25) is 14.2 Å². The van der Waals surface area contributed by atoms with E-state index in [4.69, 9.17) is 4.98 Å². The molecule has 208 valence electrons. The van der Waals surface area contributed by atoms with E-state index in [1.807, 2.05) is 61.5 Å². The SMILES string of the molecule is CCCCc1nc2ccc(N(C)C)cc2c(=O)n1Cc1ccc(-c2ccccc2S(=O)(=O)CC(=O)C2CC2)cc1. The van der Waals surface area contributed by atoms with Crippen molar-refractivity contribution in [2.45, 2.75) is 50.5 Å². The fourth-order valence-corrected chi connectivity index (χ4v) is 6.53. The number of nitrogens with zero attached hydrogens (tertiary/aromatic N) is 3. The molecule has 0 aliphatic heterocycles. The zero-order valence-corrected chi connectivity index (χ0v) is 24.1. The number of Topliss-reactive ketones (excluding diaryl/α,β-unsaturated/α-hetero) is 1. The van der Waals surface area contributed by atoms with Gasteiger partial charge in [-0.2, -0.15) is 0 Å². The number of ketones is 1. The van der Waals surface area contributed by atoms with E-state index in [1.54, 1.807) is 28.8 Å². The van der Waals surface area contributed by atoms with Gasteiger partial charge in [-0.25, -0.2) is 13.4 Å². The molecule has 0 bridgehead atoms. The summed E-state index contributed by atoms with van der Waals surface area (Å²) in [5.41, 5.74) is 3.80. The van der Waals surface area contributed by atoms with Gasteiger partial charge in [0.2, 0.25) is 0 Å². The van der Waals surface area contributed by atoms with Crippen molar-refractivity contribution in [3.63, 3.8) is 0 Å². The fourth-order valence-electron chi connectivity index (χ4n) is 4.96. The summed E-state index contributed by atoms with van der Waals surface area (Å²) >= 11 is 0. The van der Waals surface area contributed by atoms with E-state index in [9.17, 15) is 18.0 Å². The van der Waals surface area contributed by atoms with Gasteiger partial charge in [-0.15, -0.1) is 0 Å². The van der Waals surface area contributed by atoms with Crippen molar-refractivity contribution in [1.29, 1.82) is 0 Å². The van der Waals surface area contributed by atoms with E-state index >= 15 is 0 Å². The normalized spacial score (nSPS) is 13.5. The summed E-state index contributed by atoms with van der Waals surface area (Å²) in [7, 11) is 0.127. The molecular formula is C32H35N3O4S. The molecule has 4 aromatic rings. The smallest absolute Gasteiger partial charge is 0.261 e. The minimum Gasteiger partial charge on any atom is -0.378 e. The van der Waals surface area contributed by atoms with Crippen LogP contribution in [0.5, 0.6) is 0 Å². The van der Waals surface area contributed by atoms with Gasteiger partial charge in [-0.1, -0.05) is 55.8 Å². The molecule has 1 heterocycles. The number of hydrogen-bond acceptors (Lipinski definition) is 6. The van der Waals surface area contributed by atoms with Crippen LogP contribution in [-0.2, 0) is 27.6 Å². The Morgan fingerprint density at radius 1 is 1.02 bits per heavy atom. The summed E-state index contributed by atoms with van der Waals surface area (Å²) in [6.45, 7) is 2.48. The molecule has 1 saturated carbocycles. The van der Waals surface area contributed by atoms with Crippen LogP contribution in [0.4, 0.5) is 5.69 Å². The van der Waals surface area contributed by atoms with Gasteiger partial charge < -0.3 is 4.90 Å². The Hall–Kier alpha value is -3.78. The largest absolute Gasteiger partial charge is 0.378 e. The zero-order chi connectivity index (χ0) is 28.4. The maximum Gasteiger partial charge on any atom is 0.261 e. The summed E-state index contributed by atoms with van der Waals surface area (Å²) < 4.78 is 28.0. The first-order valence-electron chi connectivity index (χ1n) is 13.8. The molecule has 0 N–H and O–H groups in total. The third kappa shape index (κ3) is 5.87. The molecule has 8 heteroatoms. The Labute approximate surface area is 235 Å². The molecular weight excluding hydrogens is 522 g/mol. The number of carbonyl (C=O) groups excluding carboxylic acids is 1. The molecule has 0 atom stereocenters. The predicted octanol–water partition coefficient (Wildman–Crippen LogP) is 5.27. The fraction of sp³-hybridized carbons (Fsp3) is 0.344. The van der Waals surface area contributed by atoms with Crippen LogP contribution in [0.3, 0.4) is 0 Å². The van der Waals surface area contributed by atoms with Crippen LogP contribution in [0.1, 0.15) is 44.0 Å². The highest BCUT2D eigenvalue weighted by Crippen LogP contribution is 2.33. The van der Waals surface area contributed by atoms with Gasteiger partial charge in [0, 0.05) is 37.7 Å². The molecule has 5 rings (SSSR count). The van der Waals surface area contributed by atoms with Crippen molar-refractivity contribution >= 4 is 32.2 Å². The Morgan fingerprint density at radius 2 is 1.75 bits per heavy atom. The standard InChI is InChI=1S/C32H35N3O4S/c1-4-5-10-31-33-28-18-17-25(34(2)3)19-27(28)32(37)35(31)20-22-11-13-23(14-12-22)26-8-6-7-9-30(26)40(38,39)21-29(36)24-15-16-24/h6-9,11-14,17-19,24H,4-5,10,15-16,20-21H2,1-3H3. The van der Waals surface area contributed by atoms with Crippen LogP contribution < -0.4 is 10.5 Å². The molecule has 0 spiro atoms. The van der Waals surface area contributed by atoms with Crippen LogP contribution in [0.2, 0.25) is 0 Å². The topological polar surface area (TPSA) is 89.3 Å². The number of carbonyl (C=O) groups is 1. The number of sulfone groups is 1. The molecule has 3 aromatic carbocycles. The molecule has 1 aliphatic rings. The van der Waals surface area contributed by atoms with Crippen molar-refractivity contribution in [2.75, 3.05) is 24.7 Å². The number of benzene rings is 3. The lowest BCUT2D eigenvalue weighted by molar-refractivity contribution is -0.117. The van der Waals surface area contributed by atoms with E-state index in [2.05, 4.69) is 6.92 Å². The Kier molecular flexibility index (Phi) is 7.90. The number of hydrogen-bond donors (Lipinski definition) is 0. The monoisotopic (exact) mass is 557 g/mol. The quantitative estimate of drug-likeness (QED) is 0.250. The van der Waals surface area contributed by atoms with Crippen LogP contribution in [0, 0.1) is 5.92 Å². The molecule has 0 radical (unpaired) electrons. The number of aryl methyl sites for hydroxylation is 1. The Bertz CT molecular complexity index is 1720. The van der Waals surface area contributed by atoms with Crippen molar-refractivity contribution in [1.82, 2.24) is 9.55 Å². The summed E-state index contributed by atoms with van der Waals surface area (Å²) in [4.78, 5) is 33.0. The molecule has 1 aromatic heterocycles. The van der Waals surface area contributed by atoms with E-state index in [0.29, 0.717) is 29.4 Å². The maximum atomic E-state index is 13.7. The average Bonchev–Trinajstić information content (AvgIpc) is 3.80. The number of rotatable bonds is 11. The molecule has 1 aliphatic carbocycles. The van der Waals surface area contributed by atoms with Crippen molar-refractivity contribution in [3.8, 4) is 11.1 Å². The van der Waals surface area contributed by atoms with Crippen LogP contribution >= 0.6 is 0 Å². The van der Waals surface area contributed by atoms with Crippen molar-refractivity contribution < 1.29 is 13.2 Å². The highest BCUT2D eigenvalue weighted by molar-refractivity contribution is 7.92. The van der Waals surface area contributed by atoms with Gasteiger partial charge in [0.05, 0.1) is 22.3 Å². The van der Waals surface area contributed by atoms with Crippen molar-refractivity contribution in [3.05, 3.63) is 88.5 Å². The molecule has 0 amide bonds. The summed E-state index contributed by atoms with van der Waals surface area (Å²) in [5.74, 6) is 0.000598. The maximum absolute atomic E-state index is 13.7. The number of unbranched alkanes of at least 4 members (excludes halogenated alkanes) is 1. The lowest BCUT2D eigenvalue weighted by atomic mass is 10.0. The lowest BCUT2D eigenvalue weighted by Crippen LogP contribution is -2.26. The summed E-state index contributed by atoms with van der Waals surface area (Å²) in [6.07, 6.45) is 4.20. The molecule has 1 fully saturated rings. The van der Waals surface area contributed by atoms with Crippen LogP contribution in [0.25, 0.3) is 22.0 Å². The first-order chi connectivity index (χ1) is 19.2. The average molecular weight is 558 g/mol. The van der Waals surface area contributed by atoms with Gasteiger partial charge in [0.15, 0.2) is 15.6 Å². The van der Waals surface area contributed by atoms with E-state index < -0.39 is 15.6 Å². The second kappa shape index (κ2) is 11.4. The minimum absolute atomic E-state index is 0.0688. The lowest BCUT2D eigenvalue weighted by Gasteiger charge is -2.16. The summed E-state index contributed by atoms with van der Waals surface area (Å²) in [5, 5.41) is 0.586.